The largest absolute Gasteiger partial charge is 0.593 e. The summed E-state index contributed by atoms with van der Waals surface area (Å²) in [4.78, 5) is 6.82. The lowest BCUT2D eigenvalue weighted by Crippen LogP contribution is -2.47. The van der Waals surface area contributed by atoms with Crippen LogP contribution in [-0.2, 0) is 31.4 Å². The number of benzene rings is 4. The van der Waals surface area contributed by atoms with Crippen molar-refractivity contribution in [3.63, 3.8) is 0 Å². The van der Waals surface area contributed by atoms with E-state index in [1.807, 2.05) is 31.5 Å². The maximum atomic E-state index is 14.4. The zero-order chi connectivity index (χ0) is 32.5. The summed E-state index contributed by atoms with van der Waals surface area (Å²) < 4.78 is 76.6. The van der Waals surface area contributed by atoms with E-state index in [9.17, 15) is 21.4 Å². The minimum Gasteiger partial charge on any atom is -0.593 e. The maximum Gasteiger partial charge on any atom is 0.243 e. The van der Waals surface area contributed by atoms with Crippen LogP contribution in [0.2, 0.25) is 0 Å². The second kappa shape index (κ2) is 12.0. The second-order valence-corrected chi connectivity index (χ2v) is 18.1. The van der Waals surface area contributed by atoms with E-state index >= 15 is 0 Å². The van der Waals surface area contributed by atoms with Crippen LogP contribution in [0.15, 0.2) is 51.1 Å². The molecule has 0 amide bonds. The van der Waals surface area contributed by atoms with Crippen molar-refractivity contribution in [3.8, 4) is 0 Å². The Labute approximate surface area is 274 Å². The van der Waals surface area contributed by atoms with Crippen LogP contribution >= 0.6 is 0 Å². The van der Waals surface area contributed by atoms with Crippen molar-refractivity contribution in [1.82, 2.24) is 27.6 Å². The summed E-state index contributed by atoms with van der Waals surface area (Å²) in [5.74, 6) is 0. The lowest BCUT2D eigenvalue weighted by Gasteiger charge is -2.33. The fourth-order valence-electron chi connectivity index (χ4n) is 6.92. The smallest absolute Gasteiger partial charge is 0.243 e. The van der Waals surface area contributed by atoms with Crippen LogP contribution in [-0.4, -0.2) is 149 Å². The summed E-state index contributed by atoms with van der Waals surface area (Å²) in [7, 11) is -2.22. The highest BCUT2D eigenvalue weighted by atomic mass is 32.2. The SMILES string of the molecule is CN1CCN([S+]([O-])c2cc(N)c3ccc4c(S(=O)(=O)N5CCN(C)CC5)cc(S(=O)(=O)N5CCN(C)CC5)c5ccc2c3c45)CC1. The highest BCUT2D eigenvalue weighted by molar-refractivity contribution is 7.90. The Kier molecular flexibility index (Phi) is 8.40. The molecule has 0 aliphatic carbocycles. The molecule has 0 saturated carbocycles. The van der Waals surface area contributed by atoms with Gasteiger partial charge in [-0.1, -0.05) is 18.2 Å². The normalized spacial score (nSPS) is 22.0. The van der Waals surface area contributed by atoms with Crippen LogP contribution < -0.4 is 5.73 Å². The average molecular weight is 688 g/mol. The van der Waals surface area contributed by atoms with Crippen LogP contribution in [0.5, 0.6) is 0 Å². The summed E-state index contributed by atoms with van der Waals surface area (Å²) in [5, 5.41) is 3.37. The second-order valence-electron chi connectivity index (χ2n) is 12.8. The van der Waals surface area contributed by atoms with E-state index < -0.39 is 31.4 Å². The Morgan fingerprint density at radius 2 is 0.978 bits per heavy atom. The lowest BCUT2D eigenvalue weighted by atomic mass is 9.93. The van der Waals surface area contributed by atoms with E-state index in [0.717, 1.165) is 13.1 Å². The molecule has 7 rings (SSSR count). The lowest BCUT2D eigenvalue weighted by molar-refractivity contribution is 0.222. The van der Waals surface area contributed by atoms with Crippen LogP contribution in [0.1, 0.15) is 0 Å². The molecular formula is C31H41N7O5S3. The van der Waals surface area contributed by atoms with Crippen LogP contribution in [0, 0.1) is 0 Å². The van der Waals surface area contributed by atoms with Gasteiger partial charge in [0, 0.05) is 110 Å². The Bertz CT molecular complexity index is 1930. The molecule has 0 aromatic heterocycles. The molecule has 0 radical (unpaired) electrons. The van der Waals surface area contributed by atoms with Gasteiger partial charge in [0.2, 0.25) is 20.0 Å². The molecule has 0 spiro atoms. The number of hydrogen-bond donors (Lipinski definition) is 1. The molecule has 248 valence electrons. The molecular weight excluding hydrogens is 647 g/mol. The Morgan fingerprint density at radius 3 is 1.46 bits per heavy atom. The monoisotopic (exact) mass is 687 g/mol. The number of rotatable bonds is 6. The quantitative estimate of drug-likeness (QED) is 0.180. The minimum absolute atomic E-state index is 0.0316. The summed E-state index contributed by atoms with van der Waals surface area (Å²) >= 11 is -1.52. The summed E-state index contributed by atoms with van der Waals surface area (Å²) in [5.41, 5.74) is 7.05. The highest BCUT2D eigenvalue weighted by Crippen LogP contribution is 2.45. The van der Waals surface area contributed by atoms with Gasteiger partial charge in [-0.25, -0.2) is 16.8 Å². The minimum atomic E-state index is -4.08. The first kappa shape index (κ1) is 32.2. The van der Waals surface area contributed by atoms with Gasteiger partial charge in [-0.2, -0.15) is 8.61 Å². The van der Waals surface area contributed by atoms with Gasteiger partial charge in [0.25, 0.3) is 0 Å². The van der Waals surface area contributed by atoms with E-state index in [1.54, 1.807) is 24.3 Å². The zero-order valence-corrected chi connectivity index (χ0v) is 28.9. The van der Waals surface area contributed by atoms with Crippen molar-refractivity contribution in [3.05, 3.63) is 36.4 Å². The Balaban J connectivity index is 1.50. The number of nitrogens with two attached hydrogens (primary N) is 1. The predicted molar refractivity (Wildman–Crippen MR) is 183 cm³/mol. The number of nitrogens with zero attached hydrogens (tertiary/aromatic N) is 6. The van der Waals surface area contributed by atoms with Crippen molar-refractivity contribution in [1.29, 1.82) is 0 Å². The first-order valence-corrected chi connectivity index (χ1v) is 19.6. The van der Waals surface area contributed by atoms with Crippen molar-refractivity contribution < 1.29 is 21.4 Å². The van der Waals surface area contributed by atoms with Crippen LogP contribution in [0.3, 0.4) is 0 Å². The molecule has 12 nitrogen and oxygen atoms in total. The van der Waals surface area contributed by atoms with Gasteiger partial charge in [-0.3, -0.25) is 0 Å². The Morgan fingerprint density at radius 1 is 0.587 bits per heavy atom. The van der Waals surface area contributed by atoms with Gasteiger partial charge in [-0.05, 0) is 33.3 Å². The molecule has 1 unspecified atom stereocenters. The molecule has 3 saturated heterocycles. The number of nitrogen functional groups attached to an aromatic ring is 1. The summed E-state index contributed by atoms with van der Waals surface area (Å²) in [6, 6.07) is 10.2. The molecule has 0 bridgehead atoms. The van der Waals surface area contributed by atoms with Gasteiger partial charge in [0.15, 0.2) is 4.90 Å². The fraction of sp³-hybridized carbons (Fsp3) is 0.484. The first-order chi connectivity index (χ1) is 21.9. The van der Waals surface area contributed by atoms with Gasteiger partial charge < -0.3 is 25.0 Å². The Hall–Kier alpha value is -2.31. The van der Waals surface area contributed by atoms with E-state index in [0.29, 0.717) is 108 Å². The van der Waals surface area contributed by atoms with Gasteiger partial charge in [0.1, 0.15) is 0 Å². The predicted octanol–water partition coefficient (Wildman–Crippen LogP) is 1.31. The number of hydrogen-bond acceptors (Lipinski definition) is 10. The van der Waals surface area contributed by atoms with Crippen molar-refractivity contribution in [2.24, 2.45) is 0 Å². The van der Waals surface area contributed by atoms with E-state index in [2.05, 4.69) is 14.7 Å². The third-order valence-corrected chi connectivity index (χ3v) is 15.3. The van der Waals surface area contributed by atoms with Crippen molar-refractivity contribution in [2.45, 2.75) is 14.7 Å². The average Bonchev–Trinajstić information content (AvgIpc) is 3.04. The third-order valence-electron chi connectivity index (χ3n) is 9.86. The molecule has 3 heterocycles. The molecule has 1 atom stereocenters. The van der Waals surface area contributed by atoms with Gasteiger partial charge in [-0.15, -0.1) is 4.31 Å². The fourth-order valence-corrected chi connectivity index (χ4v) is 11.6. The number of piperazine rings is 3. The van der Waals surface area contributed by atoms with Gasteiger partial charge in [0.05, 0.1) is 34.2 Å². The van der Waals surface area contributed by atoms with E-state index in [1.165, 1.54) is 14.7 Å². The molecule has 3 aliphatic rings. The number of sulfonamides is 2. The third kappa shape index (κ3) is 5.34. The number of likely N-dealkylation sites (N-methyl/N-ethyl adjacent to an activating group) is 3. The van der Waals surface area contributed by atoms with E-state index in [-0.39, 0.29) is 9.79 Å². The molecule has 3 fully saturated rings. The highest BCUT2D eigenvalue weighted by Gasteiger charge is 2.36. The van der Waals surface area contributed by atoms with Crippen molar-refractivity contribution >= 4 is 69.4 Å². The van der Waals surface area contributed by atoms with Gasteiger partial charge >= 0.3 is 0 Å². The van der Waals surface area contributed by atoms with Crippen molar-refractivity contribution in [2.75, 3.05) is 105 Å². The van der Waals surface area contributed by atoms with Crippen LogP contribution in [0.25, 0.3) is 32.3 Å². The molecule has 4 aromatic rings. The summed E-state index contributed by atoms with van der Waals surface area (Å²) in [6.45, 7) is 6.38. The first-order valence-electron chi connectivity index (χ1n) is 15.6. The van der Waals surface area contributed by atoms with Crippen LogP contribution in [0.4, 0.5) is 5.69 Å². The zero-order valence-electron chi connectivity index (χ0n) is 26.5. The molecule has 46 heavy (non-hydrogen) atoms. The number of anilines is 1. The molecule has 4 aromatic carbocycles. The maximum absolute atomic E-state index is 14.4. The molecule has 3 aliphatic heterocycles. The summed E-state index contributed by atoms with van der Waals surface area (Å²) in [6.07, 6.45) is 0. The topological polar surface area (TPSA) is 137 Å². The molecule has 2 N–H and O–H groups in total. The standard InChI is InChI=1S/C31H41N7O5S3/c1-33-8-14-36(15-9-33)44(39)27-20-26(32)22-4-6-24-28(45(40,41)37-16-10-34(2)11-17-37)21-29(25-7-5-23(27)30(22)31(24)25)46(42,43)38-18-12-35(3)13-19-38/h4-7,20-21H,8-19,32H2,1-3H3. The molecule has 15 heteroatoms. The van der Waals surface area contributed by atoms with E-state index in [4.69, 9.17) is 5.73 Å².